The number of aryl methyl sites for hydroxylation is 1. The number of hydrogen-bond acceptors (Lipinski definition) is 5. The molecule has 1 aliphatic carbocycles. The summed E-state index contributed by atoms with van der Waals surface area (Å²) in [6, 6.07) is 1.71. The van der Waals surface area contributed by atoms with E-state index in [1.54, 1.807) is 6.07 Å². The molecule has 1 saturated carbocycles. The van der Waals surface area contributed by atoms with E-state index in [0.29, 0.717) is 5.88 Å². The standard InChI is InChI=1S/C12H18N4O2/c1-8-5-11(18-2)16-12(14-8)15-10(17)7-13-6-9-3-4-9/h5,9,13H,3-4,6-7H2,1-2H3,(H,14,15,16,17). The molecule has 2 rings (SSSR count). The van der Waals surface area contributed by atoms with E-state index in [1.165, 1.54) is 20.0 Å². The molecule has 1 aromatic rings. The maximum absolute atomic E-state index is 11.6. The van der Waals surface area contributed by atoms with Crippen LogP contribution in [-0.2, 0) is 4.79 Å². The average molecular weight is 250 g/mol. The van der Waals surface area contributed by atoms with Crippen LogP contribution in [-0.4, -0.2) is 36.1 Å². The third-order valence-corrected chi connectivity index (χ3v) is 2.71. The molecule has 6 heteroatoms. The number of anilines is 1. The van der Waals surface area contributed by atoms with Crippen LogP contribution in [0, 0.1) is 12.8 Å². The summed E-state index contributed by atoms with van der Waals surface area (Å²) in [5.41, 5.74) is 0.753. The molecule has 1 amide bonds. The highest BCUT2D eigenvalue weighted by molar-refractivity contribution is 5.90. The van der Waals surface area contributed by atoms with Crippen molar-refractivity contribution in [3.05, 3.63) is 11.8 Å². The van der Waals surface area contributed by atoms with Crippen molar-refractivity contribution in [2.24, 2.45) is 5.92 Å². The predicted molar refractivity (Wildman–Crippen MR) is 67.5 cm³/mol. The van der Waals surface area contributed by atoms with E-state index in [0.717, 1.165) is 18.2 Å². The van der Waals surface area contributed by atoms with E-state index in [9.17, 15) is 4.79 Å². The number of amides is 1. The minimum Gasteiger partial charge on any atom is -0.481 e. The summed E-state index contributed by atoms with van der Waals surface area (Å²) in [5, 5.41) is 5.76. The molecule has 0 radical (unpaired) electrons. The zero-order chi connectivity index (χ0) is 13.0. The van der Waals surface area contributed by atoms with Crippen molar-refractivity contribution in [1.82, 2.24) is 15.3 Å². The SMILES string of the molecule is COc1cc(C)nc(NC(=O)CNCC2CC2)n1. The number of nitrogens with one attached hydrogen (secondary N) is 2. The molecule has 0 bridgehead atoms. The molecule has 0 unspecified atom stereocenters. The Balaban J connectivity index is 1.83. The Bertz CT molecular complexity index is 432. The highest BCUT2D eigenvalue weighted by Crippen LogP contribution is 2.27. The molecule has 1 aromatic heterocycles. The summed E-state index contributed by atoms with van der Waals surface area (Å²) in [4.78, 5) is 19.8. The largest absolute Gasteiger partial charge is 0.481 e. The quantitative estimate of drug-likeness (QED) is 0.778. The van der Waals surface area contributed by atoms with Gasteiger partial charge in [0.25, 0.3) is 0 Å². The topological polar surface area (TPSA) is 76.1 Å². The van der Waals surface area contributed by atoms with Gasteiger partial charge in [0.1, 0.15) is 0 Å². The number of methoxy groups -OCH3 is 1. The Morgan fingerprint density at radius 3 is 2.94 bits per heavy atom. The van der Waals surface area contributed by atoms with E-state index in [2.05, 4.69) is 20.6 Å². The first-order valence-corrected chi connectivity index (χ1v) is 6.07. The number of carbonyl (C=O) groups is 1. The van der Waals surface area contributed by atoms with Crippen molar-refractivity contribution in [3.8, 4) is 5.88 Å². The van der Waals surface area contributed by atoms with Gasteiger partial charge >= 0.3 is 0 Å². The fourth-order valence-electron chi connectivity index (χ4n) is 1.58. The van der Waals surface area contributed by atoms with E-state index in [4.69, 9.17) is 4.74 Å². The van der Waals surface area contributed by atoms with Crippen LogP contribution in [0.1, 0.15) is 18.5 Å². The van der Waals surface area contributed by atoms with Gasteiger partial charge in [-0.25, -0.2) is 4.98 Å². The highest BCUT2D eigenvalue weighted by atomic mass is 16.5. The molecule has 0 saturated heterocycles. The maximum atomic E-state index is 11.6. The first-order chi connectivity index (χ1) is 8.67. The second-order valence-corrected chi connectivity index (χ2v) is 4.50. The van der Waals surface area contributed by atoms with Gasteiger partial charge in [-0.1, -0.05) is 0 Å². The van der Waals surface area contributed by atoms with Crippen LogP contribution < -0.4 is 15.4 Å². The summed E-state index contributed by atoms with van der Waals surface area (Å²) >= 11 is 0. The second kappa shape index (κ2) is 5.77. The number of nitrogens with zero attached hydrogens (tertiary/aromatic N) is 2. The molecule has 0 atom stereocenters. The zero-order valence-corrected chi connectivity index (χ0v) is 10.7. The Hall–Kier alpha value is -1.69. The second-order valence-electron chi connectivity index (χ2n) is 4.50. The lowest BCUT2D eigenvalue weighted by molar-refractivity contribution is -0.115. The van der Waals surface area contributed by atoms with Crippen LogP contribution in [0.25, 0.3) is 0 Å². The van der Waals surface area contributed by atoms with Gasteiger partial charge < -0.3 is 10.1 Å². The monoisotopic (exact) mass is 250 g/mol. The van der Waals surface area contributed by atoms with Crippen molar-refractivity contribution in [2.75, 3.05) is 25.5 Å². The number of hydrogen-bond donors (Lipinski definition) is 2. The lowest BCUT2D eigenvalue weighted by Crippen LogP contribution is -2.30. The number of carbonyl (C=O) groups excluding carboxylic acids is 1. The van der Waals surface area contributed by atoms with Crippen molar-refractivity contribution >= 4 is 11.9 Å². The Kier molecular flexibility index (Phi) is 4.09. The smallest absolute Gasteiger partial charge is 0.240 e. The first-order valence-electron chi connectivity index (χ1n) is 6.07. The Labute approximate surface area is 106 Å². The molecule has 1 heterocycles. The summed E-state index contributed by atoms with van der Waals surface area (Å²) < 4.78 is 5.02. The normalized spacial score (nSPS) is 14.3. The fraction of sp³-hybridized carbons (Fsp3) is 0.583. The van der Waals surface area contributed by atoms with Gasteiger partial charge in [-0.2, -0.15) is 4.98 Å². The molecule has 1 fully saturated rings. The molecular weight excluding hydrogens is 232 g/mol. The first kappa shape index (κ1) is 12.8. The van der Waals surface area contributed by atoms with Crippen LogP contribution in [0.15, 0.2) is 6.07 Å². The third kappa shape index (κ3) is 3.96. The van der Waals surface area contributed by atoms with Crippen molar-refractivity contribution < 1.29 is 9.53 Å². The summed E-state index contributed by atoms with van der Waals surface area (Å²) in [5.74, 6) is 1.35. The van der Waals surface area contributed by atoms with Crippen molar-refractivity contribution in [1.29, 1.82) is 0 Å². The Morgan fingerprint density at radius 2 is 2.28 bits per heavy atom. The highest BCUT2D eigenvalue weighted by Gasteiger charge is 2.20. The van der Waals surface area contributed by atoms with E-state index >= 15 is 0 Å². The molecule has 2 N–H and O–H groups in total. The third-order valence-electron chi connectivity index (χ3n) is 2.71. The molecule has 0 aliphatic heterocycles. The number of aromatic nitrogens is 2. The van der Waals surface area contributed by atoms with Gasteiger partial charge in [0, 0.05) is 11.8 Å². The Morgan fingerprint density at radius 1 is 1.50 bits per heavy atom. The van der Waals surface area contributed by atoms with Gasteiger partial charge in [-0.05, 0) is 32.2 Å². The van der Waals surface area contributed by atoms with E-state index in [-0.39, 0.29) is 18.4 Å². The van der Waals surface area contributed by atoms with Crippen LogP contribution in [0.3, 0.4) is 0 Å². The summed E-state index contributed by atoms with van der Waals surface area (Å²) in [6.45, 7) is 3.02. The fourth-order valence-corrected chi connectivity index (χ4v) is 1.58. The van der Waals surface area contributed by atoms with Crippen molar-refractivity contribution in [3.63, 3.8) is 0 Å². The molecule has 0 aromatic carbocycles. The molecule has 18 heavy (non-hydrogen) atoms. The van der Waals surface area contributed by atoms with Crippen LogP contribution >= 0.6 is 0 Å². The lowest BCUT2D eigenvalue weighted by atomic mass is 10.4. The van der Waals surface area contributed by atoms with Crippen LogP contribution in [0.5, 0.6) is 5.88 Å². The molecule has 0 spiro atoms. The number of rotatable bonds is 6. The zero-order valence-electron chi connectivity index (χ0n) is 10.7. The summed E-state index contributed by atoms with van der Waals surface area (Å²) in [6.07, 6.45) is 2.54. The average Bonchev–Trinajstić information content (AvgIpc) is 3.12. The van der Waals surface area contributed by atoms with Crippen LogP contribution in [0.2, 0.25) is 0 Å². The minimum atomic E-state index is -0.136. The molecule has 1 aliphatic rings. The predicted octanol–water partition coefficient (Wildman–Crippen LogP) is 0.732. The summed E-state index contributed by atoms with van der Waals surface area (Å²) in [7, 11) is 1.53. The molecular formula is C12H18N4O2. The van der Waals surface area contributed by atoms with Gasteiger partial charge in [-0.15, -0.1) is 0 Å². The van der Waals surface area contributed by atoms with E-state index < -0.39 is 0 Å². The van der Waals surface area contributed by atoms with E-state index in [1.807, 2.05) is 6.92 Å². The van der Waals surface area contributed by atoms with Gasteiger partial charge in [-0.3, -0.25) is 10.1 Å². The molecule has 6 nitrogen and oxygen atoms in total. The maximum Gasteiger partial charge on any atom is 0.240 e. The molecule has 98 valence electrons. The minimum absolute atomic E-state index is 0.136. The van der Waals surface area contributed by atoms with Crippen molar-refractivity contribution in [2.45, 2.75) is 19.8 Å². The lowest BCUT2D eigenvalue weighted by Gasteiger charge is -2.07. The van der Waals surface area contributed by atoms with Gasteiger partial charge in [0.15, 0.2) is 0 Å². The van der Waals surface area contributed by atoms with Gasteiger partial charge in [0.05, 0.1) is 13.7 Å². The number of ether oxygens (including phenoxy) is 1. The van der Waals surface area contributed by atoms with Gasteiger partial charge in [0.2, 0.25) is 17.7 Å². The van der Waals surface area contributed by atoms with Crippen LogP contribution in [0.4, 0.5) is 5.95 Å².